The maximum absolute atomic E-state index is 13.3. The number of benzene rings is 2. The van der Waals surface area contributed by atoms with Crippen LogP contribution in [0.2, 0.25) is 0 Å². The van der Waals surface area contributed by atoms with Crippen molar-refractivity contribution >= 4 is 15.9 Å². The molecule has 112 valence electrons. The summed E-state index contributed by atoms with van der Waals surface area (Å²) in [4.78, 5) is 0.0674. The standard InChI is InChI=1S/C18H19BrF2/c1-18(2,3)14-7-5-4-6-13(14)15(19)10-12-8-9-16(20)17(21)11-12/h4-9,11,15H,10H2,1-3H3. The molecule has 0 saturated carbocycles. The molecule has 0 nitrogen and oxygen atoms in total. The highest BCUT2D eigenvalue weighted by molar-refractivity contribution is 9.09. The quantitative estimate of drug-likeness (QED) is 0.599. The second kappa shape index (κ2) is 6.27. The molecule has 0 amide bonds. The van der Waals surface area contributed by atoms with Gasteiger partial charge in [-0.1, -0.05) is 67.0 Å². The van der Waals surface area contributed by atoms with E-state index in [2.05, 4.69) is 48.8 Å². The van der Waals surface area contributed by atoms with Gasteiger partial charge in [0.15, 0.2) is 11.6 Å². The van der Waals surface area contributed by atoms with E-state index in [1.807, 2.05) is 12.1 Å². The highest BCUT2D eigenvalue weighted by Crippen LogP contribution is 2.35. The molecule has 3 heteroatoms. The summed E-state index contributed by atoms with van der Waals surface area (Å²) in [5.41, 5.74) is 3.26. The van der Waals surface area contributed by atoms with Gasteiger partial charge in [0.1, 0.15) is 0 Å². The summed E-state index contributed by atoms with van der Waals surface area (Å²) in [7, 11) is 0. The molecule has 0 aliphatic carbocycles. The summed E-state index contributed by atoms with van der Waals surface area (Å²) >= 11 is 3.69. The van der Waals surface area contributed by atoms with Gasteiger partial charge >= 0.3 is 0 Å². The molecule has 0 aliphatic heterocycles. The molecule has 0 bridgehead atoms. The van der Waals surface area contributed by atoms with E-state index in [1.54, 1.807) is 6.07 Å². The first-order valence-electron chi connectivity index (χ1n) is 6.96. The lowest BCUT2D eigenvalue weighted by atomic mass is 9.82. The molecule has 2 aromatic rings. The topological polar surface area (TPSA) is 0 Å². The van der Waals surface area contributed by atoms with Crippen LogP contribution in [0.15, 0.2) is 42.5 Å². The van der Waals surface area contributed by atoms with E-state index in [4.69, 9.17) is 0 Å². The van der Waals surface area contributed by atoms with Gasteiger partial charge in [0.2, 0.25) is 0 Å². The molecule has 0 aliphatic rings. The number of alkyl halides is 1. The molecule has 0 aromatic heterocycles. The molecule has 2 rings (SSSR count). The SMILES string of the molecule is CC(C)(C)c1ccccc1C(Br)Cc1ccc(F)c(F)c1. The van der Waals surface area contributed by atoms with Crippen molar-refractivity contribution in [1.82, 2.24) is 0 Å². The largest absolute Gasteiger partial charge is 0.204 e. The summed E-state index contributed by atoms with van der Waals surface area (Å²) in [6.07, 6.45) is 0.615. The van der Waals surface area contributed by atoms with Crippen molar-refractivity contribution in [2.45, 2.75) is 37.4 Å². The van der Waals surface area contributed by atoms with Crippen molar-refractivity contribution in [1.29, 1.82) is 0 Å². The number of rotatable bonds is 3. The van der Waals surface area contributed by atoms with Crippen LogP contribution in [0.5, 0.6) is 0 Å². The van der Waals surface area contributed by atoms with E-state index in [0.29, 0.717) is 6.42 Å². The molecular formula is C18H19BrF2. The summed E-state index contributed by atoms with van der Waals surface area (Å²) in [6.45, 7) is 6.51. The van der Waals surface area contributed by atoms with Crippen LogP contribution in [-0.4, -0.2) is 0 Å². The molecule has 0 saturated heterocycles. The maximum Gasteiger partial charge on any atom is 0.159 e. The van der Waals surface area contributed by atoms with Gasteiger partial charge in [-0.3, -0.25) is 0 Å². The van der Waals surface area contributed by atoms with Crippen LogP contribution in [0, 0.1) is 11.6 Å². The third kappa shape index (κ3) is 3.91. The third-order valence-electron chi connectivity index (χ3n) is 3.51. The maximum atomic E-state index is 13.3. The Morgan fingerprint density at radius 1 is 1.00 bits per heavy atom. The molecule has 0 radical (unpaired) electrons. The van der Waals surface area contributed by atoms with Crippen molar-refractivity contribution in [2.24, 2.45) is 0 Å². The van der Waals surface area contributed by atoms with Crippen LogP contribution in [0.3, 0.4) is 0 Å². The smallest absolute Gasteiger partial charge is 0.159 e. The van der Waals surface area contributed by atoms with E-state index in [1.165, 1.54) is 23.3 Å². The third-order valence-corrected chi connectivity index (χ3v) is 4.32. The second-order valence-corrected chi connectivity index (χ2v) is 7.36. The van der Waals surface area contributed by atoms with Crippen LogP contribution in [0.25, 0.3) is 0 Å². The first-order chi connectivity index (χ1) is 9.79. The molecule has 21 heavy (non-hydrogen) atoms. The van der Waals surface area contributed by atoms with Gasteiger partial charge < -0.3 is 0 Å². The van der Waals surface area contributed by atoms with Crippen LogP contribution in [-0.2, 0) is 11.8 Å². The molecule has 0 N–H and O–H groups in total. The van der Waals surface area contributed by atoms with Gasteiger partial charge in [-0.2, -0.15) is 0 Å². The second-order valence-electron chi connectivity index (χ2n) is 6.26. The predicted octanol–water partition coefficient (Wildman–Crippen LogP) is 5.94. The van der Waals surface area contributed by atoms with Crippen molar-refractivity contribution in [3.8, 4) is 0 Å². The van der Waals surface area contributed by atoms with E-state index in [0.717, 1.165) is 5.56 Å². The first kappa shape index (κ1) is 16.2. The number of halogens is 3. The Morgan fingerprint density at radius 3 is 2.29 bits per heavy atom. The Morgan fingerprint density at radius 2 is 1.67 bits per heavy atom. The number of hydrogen-bond donors (Lipinski definition) is 0. The van der Waals surface area contributed by atoms with Crippen LogP contribution < -0.4 is 0 Å². The fourth-order valence-corrected chi connectivity index (χ4v) is 3.21. The van der Waals surface area contributed by atoms with E-state index >= 15 is 0 Å². The summed E-state index contributed by atoms with van der Waals surface area (Å²) in [6, 6.07) is 12.3. The Labute approximate surface area is 133 Å². The average Bonchev–Trinajstić information content (AvgIpc) is 2.42. The Balaban J connectivity index is 2.28. The van der Waals surface area contributed by atoms with Gasteiger partial charge in [-0.15, -0.1) is 0 Å². The van der Waals surface area contributed by atoms with Crippen molar-refractivity contribution in [3.05, 3.63) is 70.8 Å². The fourth-order valence-electron chi connectivity index (χ4n) is 2.44. The fraction of sp³-hybridized carbons (Fsp3) is 0.333. The molecule has 1 unspecified atom stereocenters. The first-order valence-corrected chi connectivity index (χ1v) is 7.88. The van der Waals surface area contributed by atoms with Gasteiger partial charge in [-0.05, 0) is 40.7 Å². The van der Waals surface area contributed by atoms with Crippen molar-refractivity contribution in [2.75, 3.05) is 0 Å². The van der Waals surface area contributed by atoms with Crippen molar-refractivity contribution < 1.29 is 8.78 Å². The highest BCUT2D eigenvalue weighted by atomic mass is 79.9. The Bertz CT molecular complexity index is 629. The van der Waals surface area contributed by atoms with Crippen LogP contribution in [0.4, 0.5) is 8.78 Å². The molecular weight excluding hydrogens is 334 g/mol. The highest BCUT2D eigenvalue weighted by Gasteiger charge is 2.21. The van der Waals surface area contributed by atoms with Crippen LogP contribution >= 0.6 is 15.9 Å². The minimum Gasteiger partial charge on any atom is -0.204 e. The summed E-state index contributed by atoms with van der Waals surface area (Å²) < 4.78 is 26.3. The molecule has 2 aromatic carbocycles. The van der Waals surface area contributed by atoms with Gasteiger partial charge in [0.05, 0.1) is 0 Å². The minimum absolute atomic E-state index is 0.0384. The Kier molecular flexibility index (Phi) is 4.82. The Hall–Kier alpha value is -1.22. The molecule has 0 spiro atoms. The normalized spacial score (nSPS) is 13.2. The van der Waals surface area contributed by atoms with Crippen molar-refractivity contribution in [3.63, 3.8) is 0 Å². The number of hydrogen-bond acceptors (Lipinski definition) is 0. The zero-order valence-corrected chi connectivity index (χ0v) is 14.0. The lowest BCUT2D eigenvalue weighted by Crippen LogP contribution is -2.15. The lowest BCUT2D eigenvalue weighted by Gasteiger charge is -2.25. The zero-order chi connectivity index (χ0) is 15.6. The van der Waals surface area contributed by atoms with E-state index in [9.17, 15) is 8.78 Å². The molecule has 1 atom stereocenters. The molecule has 0 fully saturated rings. The van der Waals surface area contributed by atoms with E-state index < -0.39 is 11.6 Å². The zero-order valence-electron chi connectivity index (χ0n) is 12.5. The van der Waals surface area contributed by atoms with Gasteiger partial charge in [0, 0.05) is 4.83 Å². The summed E-state index contributed by atoms with van der Waals surface area (Å²) in [5.74, 6) is -1.60. The van der Waals surface area contributed by atoms with Gasteiger partial charge in [0.25, 0.3) is 0 Å². The summed E-state index contributed by atoms with van der Waals surface area (Å²) in [5, 5.41) is 0. The van der Waals surface area contributed by atoms with E-state index in [-0.39, 0.29) is 10.2 Å². The van der Waals surface area contributed by atoms with Crippen LogP contribution in [0.1, 0.15) is 42.3 Å². The lowest BCUT2D eigenvalue weighted by molar-refractivity contribution is 0.507. The monoisotopic (exact) mass is 352 g/mol. The van der Waals surface area contributed by atoms with Gasteiger partial charge in [-0.25, -0.2) is 8.78 Å². The predicted molar refractivity (Wildman–Crippen MR) is 86.9 cm³/mol. The molecule has 0 heterocycles. The average molecular weight is 353 g/mol. The minimum atomic E-state index is -0.806.